The molecular weight excluding hydrogens is 344 g/mol. The Morgan fingerprint density at radius 1 is 1.04 bits per heavy atom. The van der Waals surface area contributed by atoms with Gasteiger partial charge >= 0.3 is 0 Å². The van der Waals surface area contributed by atoms with E-state index in [0.717, 1.165) is 28.7 Å². The third kappa shape index (κ3) is 4.33. The van der Waals surface area contributed by atoms with Gasteiger partial charge in [-0.3, -0.25) is 0 Å². The standard InChI is InChI=1S/C20H18N4O3/c1-14-7-9-17(26-14)12-22-18-10-8-15(11-21-18)20-23-19(24-27-20)13-25-16-5-3-2-4-6-16/h2-11H,12-13H2,1H3,(H,21,22). The van der Waals surface area contributed by atoms with Crippen LogP contribution in [0.15, 0.2) is 69.7 Å². The van der Waals surface area contributed by atoms with Gasteiger partial charge in [0.1, 0.15) is 23.1 Å². The number of rotatable bonds is 7. The maximum Gasteiger partial charge on any atom is 0.259 e. The Bertz CT molecular complexity index is 994. The van der Waals surface area contributed by atoms with Gasteiger partial charge in [-0.25, -0.2) is 4.98 Å². The fourth-order valence-electron chi connectivity index (χ4n) is 2.48. The lowest BCUT2D eigenvalue weighted by Gasteiger charge is -2.03. The van der Waals surface area contributed by atoms with Crippen molar-refractivity contribution in [1.82, 2.24) is 15.1 Å². The van der Waals surface area contributed by atoms with Crippen molar-refractivity contribution in [3.63, 3.8) is 0 Å². The number of para-hydroxylation sites is 1. The number of aromatic nitrogens is 3. The monoisotopic (exact) mass is 362 g/mol. The van der Waals surface area contributed by atoms with Crippen molar-refractivity contribution >= 4 is 5.82 Å². The zero-order chi connectivity index (χ0) is 18.5. The first-order valence-corrected chi connectivity index (χ1v) is 8.52. The Balaban J connectivity index is 1.35. The van der Waals surface area contributed by atoms with E-state index in [0.29, 0.717) is 18.3 Å². The molecule has 0 atom stereocenters. The minimum Gasteiger partial charge on any atom is -0.485 e. The van der Waals surface area contributed by atoms with E-state index in [1.807, 2.05) is 61.5 Å². The third-order valence-electron chi connectivity index (χ3n) is 3.83. The molecule has 0 unspecified atom stereocenters. The first-order chi connectivity index (χ1) is 13.3. The Morgan fingerprint density at radius 3 is 2.67 bits per heavy atom. The second-order valence-corrected chi connectivity index (χ2v) is 5.92. The topological polar surface area (TPSA) is 86.2 Å². The number of hydrogen-bond donors (Lipinski definition) is 1. The van der Waals surface area contributed by atoms with Gasteiger partial charge in [-0.05, 0) is 43.3 Å². The summed E-state index contributed by atoms with van der Waals surface area (Å²) in [6.45, 7) is 2.73. The highest BCUT2D eigenvalue weighted by atomic mass is 16.5. The van der Waals surface area contributed by atoms with Crippen LogP contribution in [-0.2, 0) is 13.2 Å². The van der Waals surface area contributed by atoms with Gasteiger partial charge in [-0.15, -0.1) is 0 Å². The molecule has 7 heteroatoms. The number of nitrogens with zero attached hydrogens (tertiary/aromatic N) is 3. The second-order valence-electron chi connectivity index (χ2n) is 5.92. The van der Waals surface area contributed by atoms with E-state index in [1.54, 1.807) is 6.20 Å². The summed E-state index contributed by atoms with van der Waals surface area (Å²) in [6.07, 6.45) is 1.69. The summed E-state index contributed by atoms with van der Waals surface area (Å²) < 4.78 is 16.4. The second kappa shape index (κ2) is 7.74. The van der Waals surface area contributed by atoms with Gasteiger partial charge < -0.3 is 19.0 Å². The normalized spacial score (nSPS) is 10.7. The van der Waals surface area contributed by atoms with Crippen LogP contribution in [-0.4, -0.2) is 15.1 Å². The summed E-state index contributed by atoms with van der Waals surface area (Å²) in [5.41, 5.74) is 0.743. The van der Waals surface area contributed by atoms with Crippen LogP contribution in [0.25, 0.3) is 11.5 Å². The lowest BCUT2D eigenvalue weighted by molar-refractivity contribution is 0.287. The SMILES string of the molecule is Cc1ccc(CNc2ccc(-c3nc(COc4ccccc4)no3)cn2)o1. The van der Waals surface area contributed by atoms with Crippen molar-refractivity contribution in [3.05, 3.63) is 78.1 Å². The fraction of sp³-hybridized carbons (Fsp3) is 0.150. The highest BCUT2D eigenvalue weighted by Gasteiger charge is 2.10. The van der Waals surface area contributed by atoms with Crippen LogP contribution in [0.2, 0.25) is 0 Å². The van der Waals surface area contributed by atoms with Crippen molar-refractivity contribution < 1.29 is 13.7 Å². The van der Waals surface area contributed by atoms with Crippen LogP contribution in [0.4, 0.5) is 5.82 Å². The van der Waals surface area contributed by atoms with Gasteiger partial charge in [0.15, 0.2) is 6.61 Å². The van der Waals surface area contributed by atoms with E-state index in [2.05, 4.69) is 20.4 Å². The number of hydrogen-bond acceptors (Lipinski definition) is 7. The summed E-state index contributed by atoms with van der Waals surface area (Å²) in [4.78, 5) is 8.71. The molecule has 136 valence electrons. The Hall–Kier alpha value is -3.61. The maximum atomic E-state index is 5.62. The third-order valence-corrected chi connectivity index (χ3v) is 3.83. The number of benzene rings is 1. The zero-order valence-corrected chi connectivity index (χ0v) is 14.8. The van der Waals surface area contributed by atoms with Crippen LogP contribution >= 0.6 is 0 Å². The average Bonchev–Trinajstić information content (AvgIpc) is 3.35. The summed E-state index contributed by atoms with van der Waals surface area (Å²) >= 11 is 0. The molecule has 4 aromatic rings. The molecule has 0 aliphatic rings. The first-order valence-electron chi connectivity index (χ1n) is 8.52. The van der Waals surface area contributed by atoms with E-state index in [9.17, 15) is 0 Å². The Kier molecular flexibility index (Phi) is 4.82. The summed E-state index contributed by atoms with van der Waals surface area (Å²) in [7, 11) is 0. The zero-order valence-electron chi connectivity index (χ0n) is 14.8. The summed E-state index contributed by atoms with van der Waals surface area (Å²) in [5.74, 6) is 4.12. The molecule has 0 radical (unpaired) electrons. The largest absolute Gasteiger partial charge is 0.485 e. The number of pyridine rings is 1. The molecular formula is C20H18N4O3. The van der Waals surface area contributed by atoms with Gasteiger partial charge in [0.2, 0.25) is 5.82 Å². The Morgan fingerprint density at radius 2 is 1.93 bits per heavy atom. The lowest BCUT2D eigenvalue weighted by Crippen LogP contribution is -2.00. The van der Waals surface area contributed by atoms with Gasteiger partial charge in [0.25, 0.3) is 5.89 Å². The molecule has 0 fully saturated rings. The Labute approximate surface area is 156 Å². The molecule has 0 saturated heterocycles. The molecule has 1 N–H and O–H groups in total. The number of anilines is 1. The molecule has 0 spiro atoms. The van der Waals surface area contributed by atoms with Crippen LogP contribution in [0.5, 0.6) is 5.75 Å². The number of aryl methyl sites for hydroxylation is 1. The number of nitrogens with one attached hydrogen (secondary N) is 1. The van der Waals surface area contributed by atoms with Crippen LogP contribution < -0.4 is 10.1 Å². The first kappa shape index (κ1) is 16.8. The van der Waals surface area contributed by atoms with Crippen LogP contribution in [0, 0.1) is 6.92 Å². The molecule has 3 aromatic heterocycles. The van der Waals surface area contributed by atoms with E-state index in [4.69, 9.17) is 13.7 Å². The van der Waals surface area contributed by atoms with Crippen molar-refractivity contribution in [2.24, 2.45) is 0 Å². The molecule has 0 amide bonds. The van der Waals surface area contributed by atoms with E-state index >= 15 is 0 Å². The van der Waals surface area contributed by atoms with Gasteiger partial charge in [0.05, 0.1) is 12.1 Å². The fourth-order valence-corrected chi connectivity index (χ4v) is 2.48. The molecule has 1 aromatic carbocycles. The van der Waals surface area contributed by atoms with E-state index < -0.39 is 0 Å². The van der Waals surface area contributed by atoms with Crippen molar-refractivity contribution in [2.75, 3.05) is 5.32 Å². The summed E-state index contributed by atoms with van der Waals surface area (Å²) in [5, 5.41) is 7.15. The quantitative estimate of drug-likeness (QED) is 0.526. The van der Waals surface area contributed by atoms with Crippen LogP contribution in [0.3, 0.4) is 0 Å². The molecule has 4 rings (SSSR count). The van der Waals surface area contributed by atoms with Crippen molar-refractivity contribution in [1.29, 1.82) is 0 Å². The van der Waals surface area contributed by atoms with Gasteiger partial charge in [0, 0.05) is 6.20 Å². The minimum absolute atomic E-state index is 0.239. The lowest BCUT2D eigenvalue weighted by atomic mass is 10.3. The molecule has 0 aliphatic carbocycles. The highest BCUT2D eigenvalue weighted by Crippen LogP contribution is 2.19. The predicted octanol–water partition coefficient (Wildman–Crippen LogP) is 4.22. The van der Waals surface area contributed by atoms with Gasteiger partial charge in [-0.1, -0.05) is 23.4 Å². The molecule has 0 saturated carbocycles. The number of ether oxygens (including phenoxy) is 1. The van der Waals surface area contributed by atoms with Gasteiger partial charge in [-0.2, -0.15) is 4.98 Å². The van der Waals surface area contributed by atoms with E-state index in [1.165, 1.54) is 0 Å². The van der Waals surface area contributed by atoms with E-state index in [-0.39, 0.29) is 6.61 Å². The highest BCUT2D eigenvalue weighted by molar-refractivity contribution is 5.54. The minimum atomic E-state index is 0.239. The molecule has 27 heavy (non-hydrogen) atoms. The molecule has 3 heterocycles. The van der Waals surface area contributed by atoms with Crippen molar-refractivity contribution in [3.8, 4) is 17.2 Å². The smallest absolute Gasteiger partial charge is 0.259 e. The maximum absolute atomic E-state index is 5.62. The van der Waals surface area contributed by atoms with Crippen molar-refractivity contribution in [2.45, 2.75) is 20.1 Å². The predicted molar refractivity (Wildman–Crippen MR) is 99.1 cm³/mol. The average molecular weight is 362 g/mol. The van der Waals surface area contributed by atoms with Crippen LogP contribution in [0.1, 0.15) is 17.3 Å². The molecule has 0 aliphatic heterocycles. The summed E-state index contributed by atoms with van der Waals surface area (Å²) in [6, 6.07) is 17.1. The molecule has 7 nitrogen and oxygen atoms in total. The molecule has 0 bridgehead atoms. The number of furan rings is 1.